The lowest BCUT2D eigenvalue weighted by Crippen LogP contribution is -2.28. The van der Waals surface area contributed by atoms with E-state index in [1.165, 1.54) is 17.2 Å². The largest absolute Gasteiger partial charge is 0.356 e. The maximum atomic E-state index is 12.5. The number of anilines is 2. The summed E-state index contributed by atoms with van der Waals surface area (Å²) in [5, 5.41) is 7.54. The van der Waals surface area contributed by atoms with Crippen LogP contribution in [0.2, 0.25) is 5.02 Å². The smallest absolute Gasteiger partial charge is 0.352 e. The Bertz CT molecular complexity index is 1030. The number of aromatic nitrogens is 4. The molecule has 146 valence electrons. The van der Waals surface area contributed by atoms with E-state index in [0.29, 0.717) is 16.5 Å². The van der Waals surface area contributed by atoms with Crippen LogP contribution in [-0.2, 0) is 11.3 Å². The number of benzene rings is 1. The molecule has 28 heavy (non-hydrogen) atoms. The molecule has 9 heteroatoms. The second kappa shape index (κ2) is 8.02. The number of carbonyl (C=O) groups excluding carboxylic acids is 1. The van der Waals surface area contributed by atoms with Crippen molar-refractivity contribution in [3.8, 4) is 0 Å². The highest BCUT2D eigenvalue weighted by Crippen LogP contribution is 2.17. The van der Waals surface area contributed by atoms with Crippen LogP contribution in [0, 0.1) is 0 Å². The highest BCUT2D eigenvalue weighted by atomic mass is 35.5. The molecule has 1 saturated heterocycles. The van der Waals surface area contributed by atoms with Crippen LogP contribution in [0.25, 0.3) is 5.78 Å². The zero-order valence-corrected chi connectivity index (χ0v) is 16.1. The van der Waals surface area contributed by atoms with Crippen molar-refractivity contribution in [2.75, 3.05) is 23.3 Å². The lowest BCUT2D eigenvalue weighted by Gasteiger charge is -2.20. The van der Waals surface area contributed by atoms with E-state index in [4.69, 9.17) is 11.6 Å². The number of amides is 1. The number of fused-ring (bicyclic) bond motifs is 1. The predicted octanol–water partition coefficient (Wildman–Crippen LogP) is 2.56. The fourth-order valence-corrected chi connectivity index (χ4v) is 3.47. The molecule has 1 aliphatic heterocycles. The zero-order valence-electron chi connectivity index (χ0n) is 15.3. The summed E-state index contributed by atoms with van der Waals surface area (Å²) in [6.45, 7) is 1.72. The van der Waals surface area contributed by atoms with Crippen molar-refractivity contribution >= 4 is 34.8 Å². The summed E-state index contributed by atoms with van der Waals surface area (Å²) in [7, 11) is 0. The van der Waals surface area contributed by atoms with Gasteiger partial charge >= 0.3 is 5.69 Å². The van der Waals surface area contributed by atoms with Gasteiger partial charge in [0.05, 0.1) is 0 Å². The van der Waals surface area contributed by atoms with Gasteiger partial charge in [0.15, 0.2) is 0 Å². The summed E-state index contributed by atoms with van der Waals surface area (Å²) >= 11 is 5.84. The van der Waals surface area contributed by atoms with E-state index in [-0.39, 0.29) is 12.5 Å². The molecule has 0 radical (unpaired) electrons. The van der Waals surface area contributed by atoms with Crippen LogP contribution in [0.4, 0.5) is 11.5 Å². The Hall–Kier alpha value is -2.87. The highest BCUT2D eigenvalue weighted by molar-refractivity contribution is 6.30. The molecule has 1 fully saturated rings. The van der Waals surface area contributed by atoms with E-state index in [9.17, 15) is 9.59 Å². The summed E-state index contributed by atoms with van der Waals surface area (Å²) in [5.41, 5.74) is 0.212. The Morgan fingerprint density at radius 1 is 1.07 bits per heavy atom. The van der Waals surface area contributed by atoms with E-state index >= 15 is 0 Å². The van der Waals surface area contributed by atoms with Crippen molar-refractivity contribution in [2.45, 2.75) is 32.2 Å². The van der Waals surface area contributed by atoms with Crippen LogP contribution < -0.4 is 15.9 Å². The molecule has 3 aromatic rings. The van der Waals surface area contributed by atoms with Crippen molar-refractivity contribution in [1.82, 2.24) is 19.2 Å². The van der Waals surface area contributed by atoms with Gasteiger partial charge in [0.25, 0.3) is 5.78 Å². The van der Waals surface area contributed by atoms with Crippen LogP contribution in [0.1, 0.15) is 25.7 Å². The quantitative estimate of drug-likeness (QED) is 0.727. The van der Waals surface area contributed by atoms with Gasteiger partial charge in [0, 0.05) is 30.0 Å². The van der Waals surface area contributed by atoms with Gasteiger partial charge in [0.2, 0.25) is 5.91 Å². The number of hydrogen-bond donors (Lipinski definition) is 1. The van der Waals surface area contributed by atoms with E-state index in [0.717, 1.165) is 36.4 Å². The first-order valence-corrected chi connectivity index (χ1v) is 9.74. The van der Waals surface area contributed by atoms with Gasteiger partial charge in [-0.2, -0.15) is 4.98 Å². The highest BCUT2D eigenvalue weighted by Gasteiger charge is 2.15. The Kier molecular flexibility index (Phi) is 5.29. The standard InChI is InChI=1S/C19H21ClN6O2/c20-14-5-7-15(8-6-14)21-17(27)13-26-19(28)25-12-9-16(22-18(25)23-26)24-10-3-1-2-4-11-24/h5-9,12H,1-4,10-11,13H2,(H,21,27). The van der Waals surface area contributed by atoms with Crippen LogP contribution in [0.15, 0.2) is 41.3 Å². The van der Waals surface area contributed by atoms with Gasteiger partial charge in [-0.15, -0.1) is 5.10 Å². The third-order valence-electron chi connectivity index (χ3n) is 4.79. The van der Waals surface area contributed by atoms with Gasteiger partial charge in [-0.25, -0.2) is 13.9 Å². The molecule has 0 unspecified atom stereocenters. The minimum Gasteiger partial charge on any atom is -0.356 e. The molecule has 0 bridgehead atoms. The van der Waals surface area contributed by atoms with Crippen molar-refractivity contribution in [3.05, 3.63) is 52.0 Å². The van der Waals surface area contributed by atoms with E-state index in [1.54, 1.807) is 30.5 Å². The molecule has 0 spiro atoms. The number of nitrogens with zero attached hydrogens (tertiary/aromatic N) is 5. The van der Waals surface area contributed by atoms with Crippen LogP contribution in [0.3, 0.4) is 0 Å². The van der Waals surface area contributed by atoms with Gasteiger partial charge in [-0.05, 0) is 43.2 Å². The topological polar surface area (TPSA) is 84.5 Å². The van der Waals surface area contributed by atoms with Crippen LogP contribution in [0.5, 0.6) is 0 Å². The lowest BCUT2D eigenvalue weighted by molar-refractivity contribution is -0.117. The molecule has 0 saturated carbocycles. The predicted molar refractivity (Wildman–Crippen MR) is 108 cm³/mol. The molecule has 0 atom stereocenters. The normalized spacial score (nSPS) is 14.8. The lowest BCUT2D eigenvalue weighted by atomic mass is 10.2. The first-order valence-electron chi connectivity index (χ1n) is 9.37. The first-order chi connectivity index (χ1) is 13.6. The summed E-state index contributed by atoms with van der Waals surface area (Å²) in [4.78, 5) is 31.5. The maximum absolute atomic E-state index is 12.5. The third-order valence-corrected chi connectivity index (χ3v) is 5.04. The number of hydrogen-bond acceptors (Lipinski definition) is 5. The summed E-state index contributed by atoms with van der Waals surface area (Å²) in [6, 6.07) is 8.59. The number of rotatable bonds is 4. The van der Waals surface area contributed by atoms with Crippen molar-refractivity contribution in [2.24, 2.45) is 0 Å². The molecular formula is C19H21ClN6O2. The summed E-state index contributed by atoms with van der Waals surface area (Å²) < 4.78 is 2.48. The Balaban J connectivity index is 1.52. The molecule has 0 aliphatic carbocycles. The van der Waals surface area contributed by atoms with Gasteiger partial charge < -0.3 is 10.2 Å². The van der Waals surface area contributed by atoms with Gasteiger partial charge in [-0.3, -0.25) is 4.79 Å². The molecule has 4 rings (SSSR count). The molecule has 1 aliphatic rings. The molecule has 1 aromatic carbocycles. The van der Waals surface area contributed by atoms with E-state index in [2.05, 4.69) is 20.3 Å². The summed E-state index contributed by atoms with van der Waals surface area (Å²) in [5.74, 6) is 0.767. The second-order valence-electron chi connectivity index (χ2n) is 6.85. The zero-order chi connectivity index (χ0) is 19.5. The number of halogens is 1. The van der Waals surface area contributed by atoms with Crippen molar-refractivity contribution < 1.29 is 4.79 Å². The maximum Gasteiger partial charge on any atom is 0.352 e. The van der Waals surface area contributed by atoms with Gasteiger partial charge in [-0.1, -0.05) is 24.4 Å². The SMILES string of the molecule is O=C(Cn1nc2nc(N3CCCCCC3)ccn2c1=O)Nc1ccc(Cl)cc1. The monoisotopic (exact) mass is 400 g/mol. The third kappa shape index (κ3) is 4.01. The fourth-order valence-electron chi connectivity index (χ4n) is 3.35. The molecule has 8 nitrogen and oxygen atoms in total. The second-order valence-corrected chi connectivity index (χ2v) is 7.29. The van der Waals surface area contributed by atoms with E-state index in [1.807, 2.05) is 6.07 Å². The van der Waals surface area contributed by atoms with Gasteiger partial charge in [0.1, 0.15) is 12.4 Å². The number of carbonyl (C=O) groups is 1. The first kappa shape index (κ1) is 18.5. The number of nitrogens with one attached hydrogen (secondary N) is 1. The fraction of sp³-hybridized carbons (Fsp3) is 0.368. The van der Waals surface area contributed by atoms with Crippen molar-refractivity contribution in [3.63, 3.8) is 0 Å². The van der Waals surface area contributed by atoms with Crippen molar-refractivity contribution in [1.29, 1.82) is 0 Å². The van der Waals surface area contributed by atoms with Crippen LogP contribution in [-0.4, -0.2) is 38.2 Å². The molecule has 3 heterocycles. The average Bonchev–Trinajstić information content (AvgIpc) is 2.87. The molecule has 1 N–H and O–H groups in total. The molecular weight excluding hydrogens is 380 g/mol. The summed E-state index contributed by atoms with van der Waals surface area (Å²) in [6.07, 6.45) is 6.41. The minimum absolute atomic E-state index is 0.191. The Morgan fingerprint density at radius 2 is 1.79 bits per heavy atom. The van der Waals surface area contributed by atoms with E-state index < -0.39 is 5.69 Å². The molecule has 2 aromatic heterocycles. The minimum atomic E-state index is -0.392. The Labute approximate surface area is 166 Å². The molecule has 1 amide bonds. The average molecular weight is 401 g/mol. The Morgan fingerprint density at radius 3 is 2.50 bits per heavy atom. The van der Waals surface area contributed by atoms with Crippen LogP contribution >= 0.6 is 11.6 Å².